The average molecular weight is 218 g/mol. The molecule has 0 saturated heterocycles. The fraction of sp³-hybridized carbons (Fsp3) is 0.500. The molecule has 0 radical (unpaired) electrons. The number of methoxy groups -OCH3 is 2. The zero-order valence-corrected chi connectivity index (χ0v) is 8.84. The highest BCUT2D eigenvalue weighted by Gasteiger charge is 2.04. The molecular formula is C8H12ClN3O2. The Morgan fingerprint density at radius 2 is 2.29 bits per heavy atom. The van der Waals surface area contributed by atoms with Gasteiger partial charge in [0.2, 0.25) is 0 Å². The van der Waals surface area contributed by atoms with Crippen LogP contribution in [-0.2, 0) is 4.74 Å². The SMILES string of the molecule is COCCNc1nc(OC)ncc1Cl. The molecule has 0 spiro atoms. The molecule has 1 aromatic heterocycles. The second-order valence-electron chi connectivity index (χ2n) is 2.47. The Morgan fingerprint density at radius 3 is 2.93 bits per heavy atom. The highest BCUT2D eigenvalue weighted by Crippen LogP contribution is 2.19. The van der Waals surface area contributed by atoms with Crippen molar-refractivity contribution in [3.05, 3.63) is 11.2 Å². The quantitative estimate of drug-likeness (QED) is 0.751. The van der Waals surface area contributed by atoms with Gasteiger partial charge in [0.05, 0.1) is 19.9 Å². The van der Waals surface area contributed by atoms with E-state index in [9.17, 15) is 0 Å². The van der Waals surface area contributed by atoms with Crippen LogP contribution < -0.4 is 10.1 Å². The van der Waals surface area contributed by atoms with E-state index in [1.54, 1.807) is 7.11 Å². The molecule has 0 atom stereocenters. The first-order chi connectivity index (χ1) is 6.77. The Morgan fingerprint density at radius 1 is 1.50 bits per heavy atom. The van der Waals surface area contributed by atoms with Crippen LogP contribution in [0.15, 0.2) is 6.20 Å². The summed E-state index contributed by atoms with van der Waals surface area (Å²) >= 11 is 5.85. The number of nitrogens with one attached hydrogen (secondary N) is 1. The smallest absolute Gasteiger partial charge is 0.318 e. The minimum absolute atomic E-state index is 0.286. The van der Waals surface area contributed by atoms with Gasteiger partial charge in [-0.05, 0) is 0 Å². The monoisotopic (exact) mass is 217 g/mol. The van der Waals surface area contributed by atoms with Gasteiger partial charge in [-0.3, -0.25) is 0 Å². The van der Waals surface area contributed by atoms with E-state index in [2.05, 4.69) is 15.3 Å². The molecular weight excluding hydrogens is 206 g/mol. The van der Waals surface area contributed by atoms with E-state index in [-0.39, 0.29) is 6.01 Å². The van der Waals surface area contributed by atoms with E-state index in [0.717, 1.165) is 0 Å². The Balaban J connectivity index is 2.64. The molecule has 6 heteroatoms. The summed E-state index contributed by atoms with van der Waals surface area (Å²) in [6.07, 6.45) is 1.49. The van der Waals surface area contributed by atoms with E-state index < -0.39 is 0 Å². The lowest BCUT2D eigenvalue weighted by atomic mass is 10.5. The second-order valence-corrected chi connectivity index (χ2v) is 2.88. The van der Waals surface area contributed by atoms with Crippen molar-refractivity contribution >= 4 is 17.4 Å². The molecule has 1 heterocycles. The van der Waals surface area contributed by atoms with E-state index in [0.29, 0.717) is 24.0 Å². The number of hydrogen-bond donors (Lipinski definition) is 1. The first-order valence-electron chi connectivity index (χ1n) is 4.07. The zero-order chi connectivity index (χ0) is 10.4. The van der Waals surface area contributed by atoms with Crippen LogP contribution in [0.25, 0.3) is 0 Å². The summed E-state index contributed by atoms with van der Waals surface area (Å²) in [7, 11) is 3.13. The van der Waals surface area contributed by atoms with Crippen LogP contribution in [0.3, 0.4) is 0 Å². The van der Waals surface area contributed by atoms with Crippen LogP contribution in [0.4, 0.5) is 5.82 Å². The van der Waals surface area contributed by atoms with Gasteiger partial charge < -0.3 is 14.8 Å². The van der Waals surface area contributed by atoms with Gasteiger partial charge in [-0.1, -0.05) is 11.6 Å². The third-order valence-corrected chi connectivity index (χ3v) is 1.78. The van der Waals surface area contributed by atoms with Crippen molar-refractivity contribution in [3.8, 4) is 6.01 Å². The van der Waals surface area contributed by atoms with Crippen molar-refractivity contribution in [2.24, 2.45) is 0 Å². The van der Waals surface area contributed by atoms with Gasteiger partial charge in [-0.2, -0.15) is 4.98 Å². The van der Waals surface area contributed by atoms with Crippen molar-refractivity contribution in [3.63, 3.8) is 0 Å². The summed E-state index contributed by atoms with van der Waals surface area (Å²) in [5.41, 5.74) is 0. The predicted octanol–water partition coefficient (Wildman–Crippen LogP) is 1.20. The molecule has 0 aliphatic heterocycles. The van der Waals surface area contributed by atoms with Crippen LogP contribution in [0.5, 0.6) is 6.01 Å². The van der Waals surface area contributed by atoms with Crippen molar-refractivity contribution in [2.45, 2.75) is 0 Å². The maximum atomic E-state index is 5.85. The molecule has 0 bridgehead atoms. The minimum atomic E-state index is 0.286. The number of nitrogens with zero attached hydrogens (tertiary/aromatic N) is 2. The van der Waals surface area contributed by atoms with Gasteiger partial charge >= 0.3 is 6.01 Å². The Labute approximate surface area is 87.4 Å². The van der Waals surface area contributed by atoms with E-state index >= 15 is 0 Å². The predicted molar refractivity (Wildman–Crippen MR) is 54.0 cm³/mol. The zero-order valence-electron chi connectivity index (χ0n) is 8.08. The lowest BCUT2D eigenvalue weighted by Gasteiger charge is -2.07. The summed E-state index contributed by atoms with van der Waals surface area (Å²) in [5.74, 6) is 0.551. The molecule has 78 valence electrons. The third-order valence-electron chi connectivity index (χ3n) is 1.50. The highest BCUT2D eigenvalue weighted by atomic mass is 35.5. The lowest BCUT2D eigenvalue weighted by Crippen LogP contribution is -2.09. The molecule has 0 saturated carbocycles. The fourth-order valence-electron chi connectivity index (χ4n) is 0.845. The van der Waals surface area contributed by atoms with Crippen molar-refractivity contribution in [1.29, 1.82) is 0 Å². The summed E-state index contributed by atoms with van der Waals surface area (Å²) in [6, 6.07) is 0.286. The third kappa shape index (κ3) is 3.01. The molecule has 1 aromatic rings. The number of anilines is 1. The Kier molecular flexibility index (Phi) is 4.42. The molecule has 5 nitrogen and oxygen atoms in total. The molecule has 1 N–H and O–H groups in total. The van der Waals surface area contributed by atoms with E-state index in [1.165, 1.54) is 13.3 Å². The van der Waals surface area contributed by atoms with Crippen molar-refractivity contribution < 1.29 is 9.47 Å². The van der Waals surface area contributed by atoms with Crippen LogP contribution in [0, 0.1) is 0 Å². The van der Waals surface area contributed by atoms with Gasteiger partial charge in [0.1, 0.15) is 5.02 Å². The van der Waals surface area contributed by atoms with Gasteiger partial charge in [-0.15, -0.1) is 0 Å². The second kappa shape index (κ2) is 5.62. The summed E-state index contributed by atoms with van der Waals surface area (Å²) in [5, 5.41) is 3.46. The maximum Gasteiger partial charge on any atom is 0.318 e. The number of rotatable bonds is 5. The molecule has 0 aliphatic carbocycles. The first-order valence-corrected chi connectivity index (χ1v) is 4.45. The lowest BCUT2D eigenvalue weighted by molar-refractivity contribution is 0.210. The molecule has 0 aliphatic rings. The standard InChI is InChI=1S/C8H12ClN3O2/c1-13-4-3-10-7-6(9)5-11-8(12-7)14-2/h5H,3-4H2,1-2H3,(H,10,11,12). The molecule has 0 amide bonds. The number of aromatic nitrogens is 2. The van der Waals surface area contributed by atoms with Crippen LogP contribution in [0.1, 0.15) is 0 Å². The number of halogens is 1. The molecule has 0 fully saturated rings. The van der Waals surface area contributed by atoms with Crippen molar-refractivity contribution in [2.75, 3.05) is 32.7 Å². The Bertz CT molecular complexity index is 296. The van der Waals surface area contributed by atoms with Gasteiger partial charge in [-0.25, -0.2) is 4.98 Å². The normalized spacial score (nSPS) is 9.93. The summed E-state index contributed by atoms with van der Waals surface area (Å²) in [6.45, 7) is 1.22. The maximum absolute atomic E-state index is 5.85. The topological polar surface area (TPSA) is 56.3 Å². The highest BCUT2D eigenvalue weighted by molar-refractivity contribution is 6.32. The molecule has 1 rings (SSSR count). The summed E-state index contributed by atoms with van der Waals surface area (Å²) < 4.78 is 9.74. The minimum Gasteiger partial charge on any atom is -0.467 e. The fourth-order valence-corrected chi connectivity index (χ4v) is 1.00. The van der Waals surface area contributed by atoms with Gasteiger partial charge in [0.15, 0.2) is 5.82 Å². The summed E-state index contributed by atoms with van der Waals surface area (Å²) in [4.78, 5) is 7.88. The molecule has 14 heavy (non-hydrogen) atoms. The number of ether oxygens (including phenoxy) is 2. The largest absolute Gasteiger partial charge is 0.467 e. The van der Waals surface area contributed by atoms with Gasteiger partial charge in [0.25, 0.3) is 0 Å². The first kappa shape index (κ1) is 11.0. The van der Waals surface area contributed by atoms with Gasteiger partial charge in [0, 0.05) is 13.7 Å². The molecule has 0 aromatic carbocycles. The van der Waals surface area contributed by atoms with Crippen molar-refractivity contribution in [1.82, 2.24) is 9.97 Å². The van der Waals surface area contributed by atoms with Crippen LogP contribution in [-0.4, -0.2) is 37.3 Å². The number of hydrogen-bond acceptors (Lipinski definition) is 5. The van der Waals surface area contributed by atoms with E-state index in [4.69, 9.17) is 21.1 Å². The average Bonchev–Trinajstić information content (AvgIpc) is 2.21. The molecule has 0 unspecified atom stereocenters. The van der Waals surface area contributed by atoms with E-state index in [1.807, 2.05) is 0 Å². The van der Waals surface area contributed by atoms with Crippen LogP contribution in [0.2, 0.25) is 5.02 Å². The van der Waals surface area contributed by atoms with Crippen LogP contribution >= 0.6 is 11.6 Å². The Hall–Kier alpha value is -1.07.